The molecule has 0 bridgehead atoms. The Bertz CT molecular complexity index is 695. The fraction of sp³-hybridized carbons (Fsp3) is 0.562. The minimum Gasteiger partial charge on any atom is -0.479 e. The van der Waals surface area contributed by atoms with Crippen molar-refractivity contribution in [3.63, 3.8) is 0 Å². The van der Waals surface area contributed by atoms with Gasteiger partial charge in [-0.05, 0) is 31.9 Å². The molecule has 8 heteroatoms. The molecule has 0 saturated carbocycles. The highest BCUT2D eigenvalue weighted by atomic mass is 16.6. The Kier molecular flexibility index (Phi) is 4.18. The number of fused-ring (bicyclic) bond motifs is 3. The zero-order valence-electron chi connectivity index (χ0n) is 13.8. The van der Waals surface area contributed by atoms with Gasteiger partial charge in [0, 0.05) is 12.0 Å². The second-order valence-electron chi connectivity index (χ2n) is 6.80. The van der Waals surface area contributed by atoms with Crippen molar-refractivity contribution in [1.82, 2.24) is 4.98 Å². The van der Waals surface area contributed by atoms with Crippen molar-refractivity contribution in [1.29, 1.82) is 0 Å². The number of amides is 1. The van der Waals surface area contributed by atoms with Crippen molar-refractivity contribution in [2.75, 3.05) is 5.32 Å². The van der Waals surface area contributed by atoms with E-state index in [0.717, 1.165) is 16.7 Å². The minimum atomic E-state index is -0.996. The number of anilines is 1. The smallest absolute Gasteiger partial charge is 0.413 e. The molecule has 0 aliphatic carbocycles. The van der Waals surface area contributed by atoms with Crippen LogP contribution in [0.3, 0.4) is 0 Å². The van der Waals surface area contributed by atoms with Crippen LogP contribution in [0.4, 0.5) is 10.6 Å². The maximum Gasteiger partial charge on any atom is 0.413 e. The summed E-state index contributed by atoms with van der Waals surface area (Å²) in [7, 11) is 0. The number of carboxylic acids is 1. The monoisotopic (exact) mass is 336 g/mol. The summed E-state index contributed by atoms with van der Waals surface area (Å²) in [5.74, 6) is -0.614. The van der Waals surface area contributed by atoms with Gasteiger partial charge in [0.2, 0.25) is 0 Å². The van der Waals surface area contributed by atoms with Gasteiger partial charge >= 0.3 is 12.1 Å². The number of carboxylic acid groups (broad SMARTS) is 1. The molecule has 3 heterocycles. The van der Waals surface area contributed by atoms with E-state index >= 15 is 0 Å². The van der Waals surface area contributed by atoms with Crippen LogP contribution in [0.1, 0.15) is 43.2 Å². The lowest BCUT2D eigenvalue weighted by Gasteiger charge is -2.25. The number of pyridine rings is 1. The molecule has 1 aromatic rings. The molecule has 0 radical (unpaired) electrons. The molecule has 1 amide bonds. The van der Waals surface area contributed by atoms with Crippen LogP contribution in [0.25, 0.3) is 0 Å². The molecule has 24 heavy (non-hydrogen) atoms. The van der Waals surface area contributed by atoms with Crippen molar-refractivity contribution < 1.29 is 28.9 Å². The summed E-state index contributed by atoms with van der Waals surface area (Å²) in [4.78, 5) is 27.6. The molecule has 2 N–H and O–H groups in total. The van der Waals surface area contributed by atoms with Crippen LogP contribution in [0, 0.1) is 0 Å². The van der Waals surface area contributed by atoms with E-state index in [9.17, 15) is 9.59 Å². The first-order valence-electron chi connectivity index (χ1n) is 7.70. The van der Waals surface area contributed by atoms with Gasteiger partial charge in [-0.2, -0.15) is 0 Å². The Morgan fingerprint density at radius 1 is 1.21 bits per heavy atom. The summed E-state index contributed by atoms with van der Waals surface area (Å²) in [6, 6.07) is 0. The standard InChI is InChI=1S/C16H20N2O6/c1-16(2,3)24-15(21)18-13-10-6-22-5-9(10)8-4-12(14(19)20)23-7-11(8)17-13/h12H,4-7H2,1-3H3,(H,19,20)(H,17,18,21). The third kappa shape index (κ3) is 3.34. The molecule has 2 aliphatic rings. The van der Waals surface area contributed by atoms with E-state index in [1.54, 1.807) is 20.8 Å². The predicted octanol–water partition coefficient (Wildman–Crippen LogP) is 1.98. The number of ether oxygens (including phenoxy) is 3. The molecule has 0 fully saturated rings. The van der Waals surface area contributed by atoms with Gasteiger partial charge in [0.15, 0.2) is 6.10 Å². The highest BCUT2D eigenvalue weighted by molar-refractivity contribution is 5.85. The first-order chi connectivity index (χ1) is 11.2. The lowest BCUT2D eigenvalue weighted by Crippen LogP contribution is -2.32. The average Bonchev–Trinajstić information content (AvgIpc) is 2.94. The number of aliphatic carboxylic acids is 1. The summed E-state index contributed by atoms with van der Waals surface area (Å²) in [6.07, 6.45) is -1.23. The molecule has 130 valence electrons. The van der Waals surface area contributed by atoms with Gasteiger partial charge in [0.05, 0.1) is 25.5 Å². The number of nitrogens with one attached hydrogen (secondary N) is 1. The van der Waals surface area contributed by atoms with E-state index in [2.05, 4.69) is 10.3 Å². The number of carbonyl (C=O) groups excluding carboxylic acids is 1. The SMILES string of the molecule is CC(C)(C)OC(=O)Nc1nc2c(c3c1COC3)CC(C(=O)O)OC2. The molecule has 0 saturated heterocycles. The Morgan fingerprint density at radius 3 is 2.58 bits per heavy atom. The molecular weight excluding hydrogens is 316 g/mol. The largest absolute Gasteiger partial charge is 0.479 e. The topological polar surface area (TPSA) is 107 Å². The number of nitrogens with zero attached hydrogens (tertiary/aromatic N) is 1. The number of hydrogen-bond donors (Lipinski definition) is 2. The van der Waals surface area contributed by atoms with Crippen LogP contribution >= 0.6 is 0 Å². The molecule has 1 aromatic heterocycles. The van der Waals surface area contributed by atoms with Crippen LogP contribution in [0.5, 0.6) is 0 Å². The van der Waals surface area contributed by atoms with Gasteiger partial charge in [-0.1, -0.05) is 0 Å². The minimum absolute atomic E-state index is 0.0859. The van der Waals surface area contributed by atoms with Gasteiger partial charge in [-0.15, -0.1) is 0 Å². The van der Waals surface area contributed by atoms with Crippen molar-refractivity contribution in [3.8, 4) is 0 Å². The van der Waals surface area contributed by atoms with Crippen LogP contribution in [-0.4, -0.2) is 33.9 Å². The average molecular weight is 336 g/mol. The van der Waals surface area contributed by atoms with Crippen molar-refractivity contribution in [2.45, 2.75) is 58.7 Å². The maximum absolute atomic E-state index is 12.0. The summed E-state index contributed by atoms with van der Waals surface area (Å²) in [5, 5.41) is 11.8. The second-order valence-corrected chi connectivity index (χ2v) is 6.80. The molecule has 0 spiro atoms. The Morgan fingerprint density at radius 2 is 1.92 bits per heavy atom. The number of rotatable bonds is 2. The van der Waals surface area contributed by atoms with Gasteiger partial charge in [-0.3, -0.25) is 5.32 Å². The predicted molar refractivity (Wildman–Crippen MR) is 82.5 cm³/mol. The van der Waals surface area contributed by atoms with E-state index in [1.165, 1.54) is 0 Å². The molecule has 8 nitrogen and oxygen atoms in total. The van der Waals surface area contributed by atoms with Crippen LogP contribution in [0.2, 0.25) is 0 Å². The Hall–Kier alpha value is -2.19. The number of carbonyl (C=O) groups is 2. The van der Waals surface area contributed by atoms with Crippen LogP contribution < -0.4 is 5.32 Å². The van der Waals surface area contributed by atoms with Gasteiger partial charge in [0.25, 0.3) is 0 Å². The van der Waals surface area contributed by atoms with E-state index < -0.39 is 23.8 Å². The fourth-order valence-electron chi connectivity index (χ4n) is 2.80. The van der Waals surface area contributed by atoms with Crippen LogP contribution in [0.15, 0.2) is 0 Å². The normalized spacial score (nSPS) is 19.4. The van der Waals surface area contributed by atoms with E-state index in [4.69, 9.17) is 19.3 Å². The molecule has 2 aliphatic heterocycles. The lowest BCUT2D eigenvalue weighted by molar-refractivity contribution is -0.152. The Labute approximate surface area is 139 Å². The summed E-state index contributed by atoms with van der Waals surface area (Å²) < 4.78 is 16.1. The third-order valence-corrected chi connectivity index (χ3v) is 3.81. The first-order valence-corrected chi connectivity index (χ1v) is 7.70. The van der Waals surface area contributed by atoms with Crippen LogP contribution in [-0.2, 0) is 45.2 Å². The van der Waals surface area contributed by atoms with Crippen molar-refractivity contribution in [3.05, 3.63) is 22.4 Å². The molecule has 3 rings (SSSR count). The zero-order chi connectivity index (χ0) is 17.5. The highest BCUT2D eigenvalue weighted by Crippen LogP contribution is 2.34. The quantitative estimate of drug-likeness (QED) is 0.850. The molecule has 1 unspecified atom stereocenters. The zero-order valence-corrected chi connectivity index (χ0v) is 13.8. The van der Waals surface area contributed by atoms with Crippen molar-refractivity contribution >= 4 is 17.9 Å². The van der Waals surface area contributed by atoms with E-state index in [1.807, 2.05) is 0 Å². The van der Waals surface area contributed by atoms with Gasteiger partial charge < -0.3 is 19.3 Å². The second kappa shape index (κ2) is 6.03. The fourth-order valence-corrected chi connectivity index (χ4v) is 2.80. The molecule has 1 atom stereocenters. The lowest BCUT2D eigenvalue weighted by atomic mass is 9.95. The van der Waals surface area contributed by atoms with E-state index in [0.29, 0.717) is 24.7 Å². The summed E-state index contributed by atoms with van der Waals surface area (Å²) in [6.45, 7) is 6.11. The van der Waals surface area contributed by atoms with Gasteiger partial charge in [-0.25, -0.2) is 14.6 Å². The van der Waals surface area contributed by atoms with E-state index in [-0.39, 0.29) is 13.0 Å². The molecular formula is C16H20N2O6. The van der Waals surface area contributed by atoms with Crippen molar-refractivity contribution in [2.24, 2.45) is 0 Å². The highest BCUT2D eigenvalue weighted by Gasteiger charge is 2.32. The summed E-state index contributed by atoms with van der Waals surface area (Å²) >= 11 is 0. The molecule has 0 aromatic carbocycles. The van der Waals surface area contributed by atoms with Gasteiger partial charge in [0.1, 0.15) is 11.4 Å². The third-order valence-electron chi connectivity index (χ3n) is 3.81. The summed E-state index contributed by atoms with van der Waals surface area (Å²) in [5.41, 5.74) is 2.51. The maximum atomic E-state index is 12.0. The number of aromatic nitrogens is 1. The number of hydrogen-bond acceptors (Lipinski definition) is 6. The Balaban J connectivity index is 1.90. The first kappa shape index (κ1) is 16.7.